The van der Waals surface area contributed by atoms with Gasteiger partial charge in [-0.15, -0.1) is 0 Å². The first kappa shape index (κ1) is 13.8. The van der Waals surface area contributed by atoms with Gasteiger partial charge in [-0.25, -0.2) is 0 Å². The molecule has 19 heavy (non-hydrogen) atoms. The van der Waals surface area contributed by atoms with Gasteiger partial charge in [0.1, 0.15) is 0 Å². The third-order valence-corrected chi connectivity index (χ3v) is 6.88. The fourth-order valence-corrected chi connectivity index (χ4v) is 5.15. The summed E-state index contributed by atoms with van der Waals surface area (Å²) < 4.78 is 17.9. The first-order valence-electron chi connectivity index (χ1n) is 6.29. The molecule has 4 rings (SSSR count). The summed E-state index contributed by atoms with van der Waals surface area (Å²) in [6, 6.07) is 5.46. The van der Waals surface area contributed by atoms with Gasteiger partial charge in [0.25, 0.3) is 0 Å². The Balaban J connectivity index is 1.95. The van der Waals surface area contributed by atoms with E-state index in [1.165, 1.54) is 0 Å². The predicted molar refractivity (Wildman–Crippen MR) is 76.1 cm³/mol. The molecule has 0 atom stereocenters. The number of fused-ring (bicyclic) bond motifs is 6. The summed E-state index contributed by atoms with van der Waals surface area (Å²) >= 11 is 12.1. The van der Waals surface area contributed by atoms with Crippen molar-refractivity contribution in [1.29, 1.82) is 0 Å². The van der Waals surface area contributed by atoms with Crippen molar-refractivity contribution >= 4 is 37.2 Å². The van der Waals surface area contributed by atoms with Crippen LogP contribution in [0.4, 0.5) is 0 Å². The molecule has 3 aliphatic heterocycles. The van der Waals surface area contributed by atoms with Crippen molar-refractivity contribution in [3.8, 4) is 0 Å². The van der Waals surface area contributed by atoms with Crippen LogP contribution < -0.4 is 5.19 Å². The second-order valence-corrected chi connectivity index (χ2v) is 7.94. The molecule has 1 aromatic carbocycles. The molecule has 0 saturated carbocycles. The molecule has 0 amide bonds. The Labute approximate surface area is 123 Å². The molecule has 7 heteroatoms. The Bertz CT molecular complexity index is 448. The molecule has 0 spiro atoms. The van der Waals surface area contributed by atoms with E-state index in [1.807, 2.05) is 6.07 Å². The molecule has 3 aliphatic rings. The van der Waals surface area contributed by atoms with E-state index >= 15 is 0 Å². The van der Waals surface area contributed by atoms with E-state index in [2.05, 4.69) is 4.90 Å². The minimum atomic E-state index is -2.83. The normalized spacial score (nSPS) is 31.6. The molecule has 3 fully saturated rings. The number of hydrogen-bond acceptors (Lipinski definition) is 4. The smallest absolute Gasteiger partial charge is 0.369 e. The zero-order valence-corrected chi connectivity index (χ0v) is 12.9. The van der Waals surface area contributed by atoms with Gasteiger partial charge < -0.3 is 13.3 Å². The molecule has 0 aliphatic carbocycles. The highest BCUT2D eigenvalue weighted by atomic mass is 35.5. The van der Waals surface area contributed by atoms with E-state index in [9.17, 15) is 0 Å². The van der Waals surface area contributed by atoms with Crippen LogP contribution in [0.3, 0.4) is 0 Å². The zero-order valence-electron chi connectivity index (χ0n) is 10.4. The quantitative estimate of drug-likeness (QED) is 0.734. The van der Waals surface area contributed by atoms with Gasteiger partial charge in [-0.1, -0.05) is 29.3 Å². The summed E-state index contributed by atoms with van der Waals surface area (Å²) in [6.07, 6.45) is 0. The molecule has 0 aromatic heterocycles. The maximum atomic E-state index is 6.09. The third kappa shape index (κ3) is 2.83. The molecule has 4 nitrogen and oxygen atoms in total. The summed E-state index contributed by atoms with van der Waals surface area (Å²) in [5, 5.41) is 1.92. The first-order valence-corrected chi connectivity index (χ1v) is 8.77. The van der Waals surface area contributed by atoms with Crippen molar-refractivity contribution in [3.63, 3.8) is 0 Å². The van der Waals surface area contributed by atoms with Crippen LogP contribution in [-0.4, -0.2) is 53.2 Å². The second-order valence-electron chi connectivity index (χ2n) is 4.57. The van der Waals surface area contributed by atoms with Gasteiger partial charge in [0.2, 0.25) is 0 Å². The van der Waals surface area contributed by atoms with Gasteiger partial charge in [0, 0.05) is 24.8 Å². The summed E-state index contributed by atoms with van der Waals surface area (Å²) in [4.78, 5) is 2.28. The summed E-state index contributed by atoms with van der Waals surface area (Å²) in [6.45, 7) is 4.61. The molecule has 0 unspecified atom stereocenters. The van der Waals surface area contributed by atoms with E-state index < -0.39 is 8.80 Å². The number of benzene rings is 1. The number of nitrogens with zero attached hydrogens (tertiary/aromatic N) is 1. The average Bonchev–Trinajstić information content (AvgIpc) is 2.31. The standard InChI is InChI=1S/C12H15Cl2NO3Si/c13-11-2-1-10(9-12(11)14)19-16-6-3-15(4-7-17-19)5-8-18-19/h1-2,9H,3-8H2. The molecule has 2 bridgehead atoms. The van der Waals surface area contributed by atoms with E-state index in [0.717, 1.165) is 24.8 Å². The highest BCUT2D eigenvalue weighted by molar-refractivity contribution is 6.75. The van der Waals surface area contributed by atoms with Gasteiger partial charge in [0.15, 0.2) is 0 Å². The minimum Gasteiger partial charge on any atom is -0.369 e. The van der Waals surface area contributed by atoms with Crippen LogP contribution in [0.5, 0.6) is 0 Å². The maximum absolute atomic E-state index is 6.09. The first-order chi connectivity index (χ1) is 9.20. The van der Waals surface area contributed by atoms with Crippen LogP contribution in [0, 0.1) is 0 Å². The largest absolute Gasteiger partial charge is 0.537 e. The fraction of sp³-hybridized carbons (Fsp3) is 0.500. The van der Waals surface area contributed by atoms with Crippen molar-refractivity contribution in [1.82, 2.24) is 4.90 Å². The van der Waals surface area contributed by atoms with E-state index in [0.29, 0.717) is 29.9 Å². The highest BCUT2D eigenvalue weighted by Gasteiger charge is 2.46. The number of rotatable bonds is 1. The Hall–Kier alpha value is -0.143. The molecule has 3 heterocycles. The minimum absolute atomic E-state index is 0.502. The van der Waals surface area contributed by atoms with Crippen LogP contribution in [0.2, 0.25) is 10.0 Å². The number of hydrogen-bond donors (Lipinski definition) is 0. The van der Waals surface area contributed by atoms with Crippen LogP contribution >= 0.6 is 23.2 Å². The van der Waals surface area contributed by atoms with Crippen LogP contribution in [0.1, 0.15) is 0 Å². The lowest BCUT2D eigenvalue weighted by molar-refractivity contribution is 0.00141. The van der Waals surface area contributed by atoms with Crippen molar-refractivity contribution in [2.24, 2.45) is 0 Å². The predicted octanol–water partition coefficient (Wildman–Crippen LogP) is 1.52. The van der Waals surface area contributed by atoms with Crippen molar-refractivity contribution in [2.75, 3.05) is 39.5 Å². The van der Waals surface area contributed by atoms with Gasteiger partial charge in [-0.2, -0.15) is 0 Å². The van der Waals surface area contributed by atoms with E-state index in [4.69, 9.17) is 36.5 Å². The molecule has 3 saturated heterocycles. The van der Waals surface area contributed by atoms with Crippen LogP contribution in [0.25, 0.3) is 0 Å². The van der Waals surface area contributed by atoms with E-state index in [1.54, 1.807) is 12.1 Å². The zero-order chi connectivity index (χ0) is 13.3. The van der Waals surface area contributed by atoms with Gasteiger partial charge in [-0.05, 0) is 12.1 Å². The van der Waals surface area contributed by atoms with Gasteiger partial charge >= 0.3 is 8.80 Å². The lowest BCUT2D eigenvalue weighted by Crippen LogP contribution is -2.62. The average molecular weight is 320 g/mol. The lowest BCUT2D eigenvalue weighted by Gasteiger charge is -2.38. The molecule has 104 valence electrons. The summed E-state index contributed by atoms with van der Waals surface area (Å²) in [5.41, 5.74) is 0. The molecule has 0 N–H and O–H groups in total. The molecular weight excluding hydrogens is 305 g/mol. The summed E-state index contributed by atoms with van der Waals surface area (Å²) in [5.74, 6) is 0. The maximum Gasteiger partial charge on any atom is 0.537 e. The van der Waals surface area contributed by atoms with Gasteiger partial charge in [0.05, 0.1) is 29.9 Å². The Morgan fingerprint density at radius 3 is 2.00 bits per heavy atom. The highest BCUT2D eigenvalue weighted by Crippen LogP contribution is 2.23. The Kier molecular flexibility index (Phi) is 4.14. The fourth-order valence-electron chi connectivity index (χ4n) is 2.32. The van der Waals surface area contributed by atoms with Crippen LogP contribution in [0.15, 0.2) is 18.2 Å². The van der Waals surface area contributed by atoms with Crippen LogP contribution in [-0.2, 0) is 13.3 Å². The molecule has 0 radical (unpaired) electrons. The number of halogens is 2. The molecule has 1 aromatic rings. The molecular formula is C12H15Cl2NO3Si. The van der Waals surface area contributed by atoms with Crippen molar-refractivity contribution in [3.05, 3.63) is 28.2 Å². The Morgan fingerprint density at radius 2 is 1.47 bits per heavy atom. The topological polar surface area (TPSA) is 30.9 Å². The summed E-state index contributed by atoms with van der Waals surface area (Å²) in [7, 11) is -2.83. The second kappa shape index (κ2) is 5.69. The van der Waals surface area contributed by atoms with Gasteiger partial charge in [-0.3, -0.25) is 4.90 Å². The van der Waals surface area contributed by atoms with E-state index in [-0.39, 0.29) is 0 Å². The Morgan fingerprint density at radius 1 is 0.895 bits per heavy atom. The third-order valence-electron chi connectivity index (χ3n) is 3.37. The van der Waals surface area contributed by atoms with Crippen molar-refractivity contribution < 1.29 is 13.3 Å². The SMILES string of the molecule is Clc1ccc([Si]23OCCN(CCO2)CCO3)cc1Cl. The van der Waals surface area contributed by atoms with Crippen molar-refractivity contribution in [2.45, 2.75) is 0 Å². The lowest BCUT2D eigenvalue weighted by atomic mass is 10.4. The monoisotopic (exact) mass is 319 g/mol.